The van der Waals surface area contributed by atoms with Crippen molar-refractivity contribution in [3.63, 3.8) is 0 Å². The number of nitrogens with one attached hydrogen (secondary N) is 2. The van der Waals surface area contributed by atoms with Crippen molar-refractivity contribution in [3.05, 3.63) is 58.0 Å². The van der Waals surface area contributed by atoms with Crippen molar-refractivity contribution in [1.82, 2.24) is 20.4 Å². The largest absolute Gasteiger partial charge is 0.619 e. The number of hydrogen-bond acceptors (Lipinski definition) is 8. The predicted molar refractivity (Wildman–Crippen MR) is 129 cm³/mol. The summed E-state index contributed by atoms with van der Waals surface area (Å²) in [6, 6.07) is 3.38. The average Bonchev–Trinajstić information content (AvgIpc) is 3.29. The van der Waals surface area contributed by atoms with Gasteiger partial charge in [0, 0.05) is 49.5 Å². The molecule has 0 spiro atoms. The number of esters is 2. The zero-order valence-electron chi connectivity index (χ0n) is 20.9. The number of aromatic nitrogens is 1. The summed E-state index contributed by atoms with van der Waals surface area (Å²) in [6.45, 7) is 8.06. The van der Waals surface area contributed by atoms with E-state index in [1.165, 1.54) is 12.4 Å². The van der Waals surface area contributed by atoms with Crippen molar-refractivity contribution >= 4 is 18.0 Å². The maximum absolute atomic E-state index is 13.4. The van der Waals surface area contributed by atoms with Crippen molar-refractivity contribution in [1.29, 1.82) is 0 Å². The van der Waals surface area contributed by atoms with E-state index >= 15 is 0 Å². The summed E-state index contributed by atoms with van der Waals surface area (Å²) in [5.41, 5.74) is 1.55. The molecule has 4 rings (SSSR count). The third-order valence-electron chi connectivity index (χ3n) is 6.78. The van der Waals surface area contributed by atoms with Crippen molar-refractivity contribution in [3.8, 4) is 0 Å². The Morgan fingerprint density at radius 2 is 1.78 bits per heavy atom. The Bertz CT molecular complexity index is 1090. The number of likely N-dealkylation sites (tertiary alicyclic amines) is 1. The maximum atomic E-state index is 13.4. The number of dihydropyridines is 1. The first-order chi connectivity index (χ1) is 17.3. The van der Waals surface area contributed by atoms with Crippen molar-refractivity contribution in [2.75, 3.05) is 39.4 Å². The molecule has 11 heteroatoms. The number of allylic oxidation sites excluding steroid dienone is 1. The normalized spacial score (nSPS) is 20.9. The van der Waals surface area contributed by atoms with Crippen LogP contribution in [0.5, 0.6) is 0 Å². The van der Waals surface area contributed by atoms with Gasteiger partial charge in [0.2, 0.25) is 0 Å². The number of piperidine rings is 1. The number of rotatable bonds is 7. The number of hydrogen-bond donors (Lipinski definition) is 2. The molecule has 2 N–H and O–H groups in total. The van der Waals surface area contributed by atoms with Crippen LogP contribution in [0, 0.1) is 5.21 Å². The predicted octanol–water partition coefficient (Wildman–Crippen LogP) is 1.11. The van der Waals surface area contributed by atoms with Gasteiger partial charge >= 0.3 is 18.0 Å². The molecule has 2 saturated heterocycles. The lowest BCUT2D eigenvalue weighted by atomic mass is 9.81. The molecule has 2 fully saturated rings. The van der Waals surface area contributed by atoms with Gasteiger partial charge in [-0.05, 0) is 39.7 Å². The molecule has 3 aliphatic rings. The molecule has 4 heterocycles. The van der Waals surface area contributed by atoms with E-state index in [9.17, 15) is 19.6 Å². The molecule has 0 aromatic carbocycles. The van der Waals surface area contributed by atoms with E-state index in [1.807, 2.05) is 4.90 Å². The fourth-order valence-corrected chi connectivity index (χ4v) is 5.17. The topological polar surface area (TPSA) is 127 Å². The Labute approximate surface area is 210 Å². The van der Waals surface area contributed by atoms with Gasteiger partial charge in [-0.25, -0.2) is 14.4 Å². The highest BCUT2D eigenvalue weighted by Crippen LogP contribution is 2.40. The SMILES string of the molecule is CCOC(=O)C1=C(C)NC(N2CCC(N3CCNC3=O)CC2)=C(C(=O)OCC)C1c1ccc[n+]([O-])c1. The van der Waals surface area contributed by atoms with Gasteiger partial charge in [0.15, 0.2) is 12.4 Å². The van der Waals surface area contributed by atoms with Crippen LogP contribution in [0.3, 0.4) is 0 Å². The van der Waals surface area contributed by atoms with Crippen LogP contribution in [0.1, 0.15) is 45.1 Å². The molecule has 0 bridgehead atoms. The standard InChI is InChI=1S/C25H33N5O6/c1-4-35-23(31)19-16(3)27-22(28-12-8-18(9-13-28)30-14-10-26-25(30)33)21(24(32)36-5-2)20(19)17-7-6-11-29(34)15-17/h6-7,11,15,18,20,27H,4-5,8-10,12-14H2,1-3H3,(H,26,33). The molecule has 2 amide bonds. The van der Waals surface area contributed by atoms with E-state index in [0.717, 1.165) is 12.8 Å². The van der Waals surface area contributed by atoms with Gasteiger partial charge in [0.25, 0.3) is 0 Å². The molecule has 1 unspecified atom stereocenters. The lowest BCUT2D eigenvalue weighted by molar-refractivity contribution is -0.605. The Kier molecular flexibility index (Phi) is 7.66. The fraction of sp³-hybridized carbons (Fsp3) is 0.520. The van der Waals surface area contributed by atoms with Crippen molar-refractivity contribution in [2.45, 2.75) is 45.6 Å². The lowest BCUT2D eigenvalue weighted by Gasteiger charge is -2.41. The Hall–Kier alpha value is -3.76. The van der Waals surface area contributed by atoms with Gasteiger partial charge in [-0.15, -0.1) is 0 Å². The van der Waals surface area contributed by atoms with Gasteiger partial charge in [-0.2, -0.15) is 4.73 Å². The molecule has 1 atom stereocenters. The third kappa shape index (κ3) is 4.95. The molecule has 194 valence electrons. The van der Waals surface area contributed by atoms with Crippen LogP contribution in [0.4, 0.5) is 4.79 Å². The minimum atomic E-state index is -0.845. The van der Waals surface area contributed by atoms with E-state index < -0.39 is 17.9 Å². The first-order valence-corrected chi connectivity index (χ1v) is 12.4. The summed E-state index contributed by atoms with van der Waals surface area (Å²) in [6.07, 6.45) is 4.17. The lowest BCUT2D eigenvalue weighted by Crippen LogP contribution is -2.49. The summed E-state index contributed by atoms with van der Waals surface area (Å²) in [7, 11) is 0. The van der Waals surface area contributed by atoms with Crippen LogP contribution in [0.2, 0.25) is 0 Å². The van der Waals surface area contributed by atoms with Gasteiger partial charge in [0.05, 0.1) is 30.3 Å². The van der Waals surface area contributed by atoms with Crippen LogP contribution in [-0.4, -0.2) is 73.2 Å². The fourth-order valence-electron chi connectivity index (χ4n) is 5.17. The number of urea groups is 1. The van der Waals surface area contributed by atoms with E-state index in [2.05, 4.69) is 15.5 Å². The minimum absolute atomic E-state index is 0.0383. The molecule has 3 aliphatic heterocycles. The van der Waals surface area contributed by atoms with Gasteiger partial charge in [-0.1, -0.05) is 0 Å². The zero-order chi connectivity index (χ0) is 25.8. The number of nitrogens with zero attached hydrogens (tertiary/aromatic N) is 3. The van der Waals surface area contributed by atoms with Crippen LogP contribution >= 0.6 is 0 Å². The van der Waals surface area contributed by atoms with Crippen LogP contribution in [0.25, 0.3) is 0 Å². The molecule has 0 saturated carbocycles. The summed E-state index contributed by atoms with van der Waals surface area (Å²) in [4.78, 5) is 42.5. The van der Waals surface area contributed by atoms with Crippen LogP contribution in [-0.2, 0) is 19.1 Å². The number of ether oxygens (including phenoxy) is 2. The van der Waals surface area contributed by atoms with Crippen LogP contribution in [0.15, 0.2) is 47.2 Å². The molecule has 36 heavy (non-hydrogen) atoms. The number of amides is 2. The number of pyridine rings is 1. The van der Waals surface area contributed by atoms with Crippen molar-refractivity contribution in [2.24, 2.45) is 0 Å². The van der Waals surface area contributed by atoms with E-state index in [-0.39, 0.29) is 36.4 Å². The molecule has 1 aromatic rings. The average molecular weight is 500 g/mol. The quantitative estimate of drug-likeness (QED) is 0.325. The van der Waals surface area contributed by atoms with E-state index in [1.54, 1.807) is 32.9 Å². The highest BCUT2D eigenvalue weighted by Gasteiger charge is 2.42. The second kappa shape index (κ2) is 10.9. The highest BCUT2D eigenvalue weighted by molar-refractivity contribution is 5.99. The zero-order valence-corrected chi connectivity index (χ0v) is 20.9. The second-order valence-electron chi connectivity index (χ2n) is 8.94. The summed E-state index contributed by atoms with van der Waals surface area (Å²) < 4.78 is 11.4. The maximum Gasteiger partial charge on any atom is 0.338 e. The summed E-state index contributed by atoms with van der Waals surface area (Å²) in [5, 5.41) is 18.3. The monoisotopic (exact) mass is 499 g/mol. The molecule has 0 radical (unpaired) electrons. The van der Waals surface area contributed by atoms with Gasteiger partial charge < -0.3 is 35.1 Å². The molecular weight excluding hydrogens is 466 g/mol. The van der Waals surface area contributed by atoms with Gasteiger partial charge in [-0.3, -0.25) is 0 Å². The first kappa shape index (κ1) is 25.3. The van der Waals surface area contributed by atoms with E-state index in [4.69, 9.17) is 9.47 Å². The number of carbonyl (C=O) groups excluding carboxylic acids is 3. The first-order valence-electron chi connectivity index (χ1n) is 12.4. The van der Waals surface area contributed by atoms with Gasteiger partial charge in [0.1, 0.15) is 5.82 Å². The van der Waals surface area contributed by atoms with Crippen molar-refractivity contribution < 1.29 is 28.6 Å². The Balaban J connectivity index is 1.74. The molecule has 0 aliphatic carbocycles. The molecule has 11 nitrogen and oxygen atoms in total. The molecule has 1 aromatic heterocycles. The summed E-state index contributed by atoms with van der Waals surface area (Å²) >= 11 is 0. The Morgan fingerprint density at radius 3 is 2.36 bits per heavy atom. The van der Waals surface area contributed by atoms with E-state index in [0.29, 0.717) is 48.0 Å². The summed E-state index contributed by atoms with van der Waals surface area (Å²) in [5.74, 6) is -1.42. The Morgan fingerprint density at radius 1 is 1.11 bits per heavy atom. The smallest absolute Gasteiger partial charge is 0.338 e. The second-order valence-corrected chi connectivity index (χ2v) is 8.94. The third-order valence-corrected chi connectivity index (χ3v) is 6.78. The van der Waals surface area contributed by atoms with Crippen LogP contribution < -0.4 is 15.4 Å². The molecular formula is C25H33N5O6. The minimum Gasteiger partial charge on any atom is -0.619 e. The highest BCUT2D eigenvalue weighted by atomic mass is 16.5. The number of carbonyl (C=O) groups is 3.